The number of hydrogen-bond acceptors (Lipinski definition) is 4. The first kappa shape index (κ1) is 13.5. The second-order valence-electron chi connectivity index (χ2n) is 3.27. The smallest absolute Gasteiger partial charge is 0.183 e. The van der Waals surface area contributed by atoms with Gasteiger partial charge in [-0.05, 0) is 0 Å². The lowest BCUT2D eigenvalue weighted by molar-refractivity contribution is 0.350. The van der Waals surface area contributed by atoms with Crippen molar-refractivity contribution in [1.29, 1.82) is 0 Å². The summed E-state index contributed by atoms with van der Waals surface area (Å²) in [7, 11) is 3.24. The summed E-state index contributed by atoms with van der Waals surface area (Å²) < 4.78 is 10.5. The van der Waals surface area contributed by atoms with Crippen LogP contribution in [-0.4, -0.2) is 30.3 Å². The molecule has 0 saturated carbocycles. The Hall–Kier alpha value is -0.610. The van der Waals surface area contributed by atoms with E-state index in [0.717, 1.165) is 11.4 Å². The highest BCUT2D eigenvalue weighted by Crippen LogP contribution is 2.32. The minimum atomic E-state index is 0.402. The Labute approximate surface area is 105 Å². The third kappa shape index (κ3) is 3.46. The lowest BCUT2D eigenvalue weighted by atomic mass is 10.3. The van der Waals surface area contributed by atoms with Crippen LogP contribution in [0.4, 0.5) is 0 Å². The van der Waals surface area contributed by atoms with E-state index >= 15 is 0 Å². The maximum absolute atomic E-state index is 5.75. The van der Waals surface area contributed by atoms with Gasteiger partial charge in [0, 0.05) is 29.1 Å². The first-order chi connectivity index (χ1) is 7.72. The summed E-state index contributed by atoms with van der Waals surface area (Å²) in [6.07, 6.45) is 1.72. The molecule has 0 bridgehead atoms. The molecular weight excluding hydrogens is 246 g/mol. The van der Waals surface area contributed by atoms with Crippen LogP contribution in [0.1, 0.15) is 12.6 Å². The summed E-state index contributed by atoms with van der Waals surface area (Å²) >= 11 is 7.50. The van der Waals surface area contributed by atoms with Crippen molar-refractivity contribution in [2.24, 2.45) is 0 Å². The molecule has 0 N–H and O–H groups in total. The van der Waals surface area contributed by atoms with Gasteiger partial charge in [-0.15, -0.1) is 11.6 Å². The van der Waals surface area contributed by atoms with E-state index in [1.807, 2.05) is 0 Å². The number of methoxy groups -OCH3 is 2. The fourth-order valence-corrected chi connectivity index (χ4v) is 2.22. The van der Waals surface area contributed by atoms with Gasteiger partial charge in [-0.25, -0.2) is 0 Å². The Kier molecular flexibility index (Phi) is 5.77. The molecule has 3 nitrogen and oxygen atoms in total. The number of thioether (sulfide) groups is 1. The van der Waals surface area contributed by atoms with Crippen LogP contribution in [0.15, 0.2) is 12.3 Å². The van der Waals surface area contributed by atoms with Gasteiger partial charge in [0.25, 0.3) is 0 Å². The Bertz CT molecular complexity index is 336. The van der Waals surface area contributed by atoms with Gasteiger partial charge in [0.2, 0.25) is 0 Å². The number of nitrogens with zero attached hydrogens (tertiary/aromatic N) is 1. The normalized spacial score (nSPS) is 12.2. The van der Waals surface area contributed by atoms with Crippen LogP contribution in [0.2, 0.25) is 0 Å². The van der Waals surface area contributed by atoms with E-state index < -0.39 is 0 Å². The minimum absolute atomic E-state index is 0.402. The first-order valence-electron chi connectivity index (χ1n) is 4.96. The number of rotatable bonds is 6. The fraction of sp³-hybridized carbons (Fsp3) is 0.545. The highest BCUT2D eigenvalue weighted by atomic mass is 35.5. The molecular formula is C11H16ClNO2S. The van der Waals surface area contributed by atoms with Crippen molar-refractivity contribution in [3.05, 3.63) is 18.0 Å². The van der Waals surface area contributed by atoms with E-state index in [1.54, 1.807) is 38.2 Å². The lowest BCUT2D eigenvalue weighted by Crippen LogP contribution is -2.01. The standard InChI is InChI=1S/C11H16ClNO2S/c1-8(6-12)16-7-9-11(15-3)10(14-2)4-5-13-9/h4-5,8H,6-7H2,1-3H3. The maximum atomic E-state index is 5.75. The molecule has 0 aromatic carbocycles. The molecule has 0 aliphatic rings. The van der Waals surface area contributed by atoms with Crippen LogP contribution < -0.4 is 9.47 Å². The summed E-state index contributed by atoms with van der Waals surface area (Å²) in [5.74, 6) is 2.83. The summed E-state index contributed by atoms with van der Waals surface area (Å²) in [4.78, 5) is 4.30. The fourth-order valence-electron chi connectivity index (χ4n) is 1.22. The van der Waals surface area contributed by atoms with E-state index in [0.29, 0.717) is 22.6 Å². The Morgan fingerprint density at radius 1 is 1.44 bits per heavy atom. The van der Waals surface area contributed by atoms with Gasteiger partial charge >= 0.3 is 0 Å². The molecule has 1 unspecified atom stereocenters. The van der Waals surface area contributed by atoms with Crippen LogP contribution in [0, 0.1) is 0 Å². The second kappa shape index (κ2) is 6.86. The summed E-state index contributed by atoms with van der Waals surface area (Å²) in [6.45, 7) is 2.09. The molecule has 1 aromatic rings. The van der Waals surface area contributed by atoms with Gasteiger partial charge in [-0.3, -0.25) is 4.98 Å². The molecule has 0 fully saturated rings. The molecule has 1 aromatic heterocycles. The monoisotopic (exact) mass is 261 g/mol. The third-order valence-electron chi connectivity index (χ3n) is 2.09. The van der Waals surface area contributed by atoms with Crippen LogP contribution in [0.25, 0.3) is 0 Å². The van der Waals surface area contributed by atoms with E-state index in [1.165, 1.54) is 0 Å². The van der Waals surface area contributed by atoms with Crippen molar-refractivity contribution in [2.75, 3.05) is 20.1 Å². The Morgan fingerprint density at radius 2 is 2.19 bits per heavy atom. The van der Waals surface area contributed by atoms with Gasteiger partial charge in [-0.2, -0.15) is 11.8 Å². The minimum Gasteiger partial charge on any atom is -0.493 e. The zero-order chi connectivity index (χ0) is 12.0. The molecule has 0 aliphatic carbocycles. The van der Waals surface area contributed by atoms with Gasteiger partial charge in [0.15, 0.2) is 11.5 Å². The van der Waals surface area contributed by atoms with E-state index in [2.05, 4.69) is 11.9 Å². The molecule has 1 rings (SSSR count). The van der Waals surface area contributed by atoms with Crippen LogP contribution in [0.3, 0.4) is 0 Å². The molecule has 0 aliphatic heterocycles. The second-order valence-corrected chi connectivity index (χ2v) is 5.00. The van der Waals surface area contributed by atoms with Crippen LogP contribution in [-0.2, 0) is 5.75 Å². The van der Waals surface area contributed by atoms with E-state index in [-0.39, 0.29) is 0 Å². The van der Waals surface area contributed by atoms with Crippen molar-refractivity contribution in [3.63, 3.8) is 0 Å². The molecule has 0 saturated heterocycles. The number of alkyl halides is 1. The van der Waals surface area contributed by atoms with Crippen LogP contribution >= 0.6 is 23.4 Å². The van der Waals surface area contributed by atoms with Crippen molar-refractivity contribution >= 4 is 23.4 Å². The molecule has 0 radical (unpaired) electrons. The van der Waals surface area contributed by atoms with Crippen molar-refractivity contribution in [1.82, 2.24) is 4.98 Å². The quantitative estimate of drug-likeness (QED) is 0.737. The van der Waals surface area contributed by atoms with Crippen molar-refractivity contribution in [2.45, 2.75) is 17.9 Å². The van der Waals surface area contributed by atoms with Crippen molar-refractivity contribution in [3.8, 4) is 11.5 Å². The molecule has 90 valence electrons. The Balaban J connectivity index is 2.78. The van der Waals surface area contributed by atoms with Gasteiger partial charge in [0.1, 0.15) is 0 Å². The van der Waals surface area contributed by atoms with Crippen molar-refractivity contribution < 1.29 is 9.47 Å². The summed E-state index contributed by atoms with van der Waals surface area (Å²) in [5, 5.41) is 0.402. The lowest BCUT2D eigenvalue weighted by Gasteiger charge is -2.12. The predicted octanol–water partition coefficient (Wildman–Crippen LogP) is 2.96. The van der Waals surface area contributed by atoms with Gasteiger partial charge in [-0.1, -0.05) is 6.92 Å². The molecule has 16 heavy (non-hydrogen) atoms. The average Bonchev–Trinajstić information content (AvgIpc) is 2.34. The predicted molar refractivity (Wildman–Crippen MR) is 68.8 cm³/mol. The largest absolute Gasteiger partial charge is 0.493 e. The molecule has 5 heteroatoms. The number of pyridine rings is 1. The number of halogens is 1. The SMILES string of the molecule is COc1ccnc(CSC(C)CCl)c1OC. The highest BCUT2D eigenvalue weighted by Gasteiger charge is 2.12. The van der Waals surface area contributed by atoms with Crippen LogP contribution in [0.5, 0.6) is 11.5 Å². The maximum Gasteiger partial charge on any atom is 0.183 e. The number of ether oxygens (including phenoxy) is 2. The number of hydrogen-bond donors (Lipinski definition) is 0. The molecule has 0 amide bonds. The van der Waals surface area contributed by atoms with E-state index in [9.17, 15) is 0 Å². The number of aromatic nitrogens is 1. The zero-order valence-electron chi connectivity index (χ0n) is 9.70. The van der Waals surface area contributed by atoms with Gasteiger partial charge in [0.05, 0.1) is 19.9 Å². The molecule has 1 heterocycles. The summed E-state index contributed by atoms with van der Waals surface area (Å²) in [6, 6.07) is 1.79. The Morgan fingerprint density at radius 3 is 2.75 bits per heavy atom. The molecule has 0 spiro atoms. The van der Waals surface area contributed by atoms with Gasteiger partial charge < -0.3 is 9.47 Å². The zero-order valence-corrected chi connectivity index (χ0v) is 11.3. The topological polar surface area (TPSA) is 31.4 Å². The highest BCUT2D eigenvalue weighted by molar-refractivity contribution is 7.99. The third-order valence-corrected chi connectivity index (χ3v) is 3.91. The molecule has 1 atom stereocenters. The average molecular weight is 262 g/mol. The summed E-state index contributed by atoms with van der Waals surface area (Å²) in [5.41, 5.74) is 0.892. The first-order valence-corrected chi connectivity index (χ1v) is 6.54. The van der Waals surface area contributed by atoms with E-state index in [4.69, 9.17) is 21.1 Å².